The van der Waals surface area contributed by atoms with E-state index in [1.165, 1.54) is 6.07 Å². The number of hydrogen-bond donors (Lipinski definition) is 1. The SMILES string of the molecule is Fc1cc2cc(-c3cccnc3)[nH]c2cc1Cl. The Bertz CT molecular complexity index is 637. The second-order valence-corrected chi connectivity index (χ2v) is 4.19. The topological polar surface area (TPSA) is 28.7 Å². The lowest BCUT2D eigenvalue weighted by atomic mass is 10.2. The molecule has 0 bridgehead atoms. The van der Waals surface area contributed by atoms with Crippen LogP contribution in [-0.4, -0.2) is 9.97 Å². The van der Waals surface area contributed by atoms with Crippen molar-refractivity contribution in [1.29, 1.82) is 0 Å². The maximum Gasteiger partial charge on any atom is 0.142 e. The first-order chi connectivity index (χ1) is 8.24. The fraction of sp³-hybridized carbons (Fsp3) is 0. The number of fused-ring (bicyclic) bond motifs is 1. The summed E-state index contributed by atoms with van der Waals surface area (Å²) in [4.78, 5) is 7.24. The summed E-state index contributed by atoms with van der Waals surface area (Å²) >= 11 is 5.74. The molecule has 4 heteroatoms. The van der Waals surface area contributed by atoms with Crippen molar-refractivity contribution < 1.29 is 4.39 Å². The Morgan fingerprint density at radius 2 is 2.12 bits per heavy atom. The van der Waals surface area contributed by atoms with Crippen LogP contribution in [0.3, 0.4) is 0 Å². The number of halogens is 2. The normalized spacial score (nSPS) is 10.9. The number of hydrogen-bond acceptors (Lipinski definition) is 1. The van der Waals surface area contributed by atoms with Crippen LogP contribution in [0.5, 0.6) is 0 Å². The molecule has 0 aliphatic rings. The first-order valence-corrected chi connectivity index (χ1v) is 5.50. The lowest BCUT2D eigenvalue weighted by Gasteiger charge is -1.94. The minimum atomic E-state index is -0.407. The molecular formula is C13H8ClFN2. The summed E-state index contributed by atoms with van der Waals surface area (Å²) in [6.07, 6.45) is 3.46. The Morgan fingerprint density at radius 1 is 1.24 bits per heavy atom. The van der Waals surface area contributed by atoms with Crippen molar-refractivity contribution >= 4 is 22.5 Å². The lowest BCUT2D eigenvalue weighted by Crippen LogP contribution is -1.78. The third-order valence-corrected chi connectivity index (χ3v) is 2.92. The van der Waals surface area contributed by atoms with E-state index in [1.807, 2.05) is 18.2 Å². The quantitative estimate of drug-likeness (QED) is 0.690. The minimum Gasteiger partial charge on any atom is -0.354 e. The van der Waals surface area contributed by atoms with Gasteiger partial charge in [0.25, 0.3) is 0 Å². The molecule has 0 saturated carbocycles. The molecule has 3 aromatic rings. The van der Waals surface area contributed by atoms with E-state index in [0.29, 0.717) is 0 Å². The summed E-state index contributed by atoms with van der Waals surface area (Å²) in [5.41, 5.74) is 2.67. The predicted molar refractivity (Wildman–Crippen MR) is 66.5 cm³/mol. The molecule has 0 atom stereocenters. The second-order valence-electron chi connectivity index (χ2n) is 3.78. The number of H-pyrrole nitrogens is 1. The molecule has 0 fully saturated rings. The monoisotopic (exact) mass is 246 g/mol. The van der Waals surface area contributed by atoms with Crippen LogP contribution in [0.15, 0.2) is 42.7 Å². The lowest BCUT2D eigenvalue weighted by molar-refractivity contribution is 0.630. The zero-order valence-corrected chi connectivity index (χ0v) is 9.50. The summed E-state index contributed by atoms with van der Waals surface area (Å²) in [5.74, 6) is -0.407. The van der Waals surface area contributed by atoms with Crippen LogP contribution in [0, 0.1) is 5.82 Å². The highest BCUT2D eigenvalue weighted by atomic mass is 35.5. The van der Waals surface area contributed by atoms with Gasteiger partial charge >= 0.3 is 0 Å². The van der Waals surface area contributed by atoms with Crippen LogP contribution in [0.1, 0.15) is 0 Å². The van der Waals surface area contributed by atoms with E-state index in [9.17, 15) is 4.39 Å². The van der Waals surface area contributed by atoms with Crippen LogP contribution in [-0.2, 0) is 0 Å². The molecule has 0 radical (unpaired) electrons. The Labute approximate surface area is 102 Å². The summed E-state index contributed by atoms with van der Waals surface area (Å²) in [6.45, 7) is 0. The maximum absolute atomic E-state index is 13.3. The van der Waals surface area contributed by atoms with E-state index in [0.717, 1.165) is 22.2 Å². The minimum absolute atomic E-state index is 0.122. The molecule has 0 aliphatic carbocycles. The highest BCUT2D eigenvalue weighted by Gasteiger charge is 2.07. The number of pyridine rings is 1. The zero-order valence-electron chi connectivity index (χ0n) is 8.74. The third-order valence-electron chi connectivity index (χ3n) is 2.63. The van der Waals surface area contributed by atoms with Crippen molar-refractivity contribution in [2.24, 2.45) is 0 Å². The van der Waals surface area contributed by atoms with Crippen molar-refractivity contribution in [2.75, 3.05) is 0 Å². The fourth-order valence-corrected chi connectivity index (χ4v) is 1.97. The molecule has 0 unspecified atom stereocenters. The standard InChI is InChI=1S/C13H8ClFN2/c14-10-6-13-9(4-11(10)15)5-12(17-13)8-2-1-3-16-7-8/h1-7,17H. The summed E-state index contributed by atoms with van der Waals surface area (Å²) in [7, 11) is 0. The zero-order chi connectivity index (χ0) is 11.8. The molecule has 0 spiro atoms. The molecule has 17 heavy (non-hydrogen) atoms. The van der Waals surface area contributed by atoms with Gasteiger partial charge in [0.05, 0.1) is 5.02 Å². The highest BCUT2D eigenvalue weighted by Crippen LogP contribution is 2.27. The molecule has 3 rings (SSSR count). The fourth-order valence-electron chi connectivity index (χ4n) is 1.80. The summed E-state index contributed by atoms with van der Waals surface area (Å²) < 4.78 is 13.3. The van der Waals surface area contributed by atoms with Gasteiger partial charge in [-0.3, -0.25) is 4.98 Å². The predicted octanol–water partition coefficient (Wildman–Crippen LogP) is 4.02. The summed E-state index contributed by atoms with van der Waals surface area (Å²) in [5, 5.41) is 0.919. The average Bonchev–Trinajstić information content (AvgIpc) is 2.74. The number of benzene rings is 1. The van der Waals surface area contributed by atoms with Gasteiger partial charge in [0.2, 0.25) is 0 Å². The molecule has 0 amide bonds. The molecule has 2 heterocycles. The van der Waals surface area contributed by atoms with Crippen LogP contribution < -0.4 is 0 Å². The molecule has 0 saturated heterocycles. The number of nitrogens with one attached hydrogen (secondary N) is 1. The van der Waals surface area contributed by atoms with E-state index in [2.05, 4.69) is 9.97 Å². The van der Waals surface area contributed by atoms with Crippen LogP contribution in [0.2, 0.25) is 5.02 Å². The summed E-state index contributed by atoms with van der Waals surface area (Å²) in [6, 6.07) is 8.69. The van der Waals surface area contributed by atoms with Gasteiger partial charge in [0.15, 0.2) is 0 Å². The second kappa shape index (κ2) is 3.86. The molecule has 2 aromatic heterocycles. The number of rotatable bonds is 1. The van der Waals surface area contributed by atoms with E-state index in [4.69, 9.17) is 11.6 Å². The van der Waals surface area contributed by atoms with Crippen molar-refractivity contribution in [1.82, 2.24) is 9.97 Å². The number of aromatic nitrogens is 2. The molecule has 0 aliphatic heterocycles. The van der Waals surface area contributed by atoms with E-state index in [1.54, 1.807) is 18.5 Å². The Balaban J connectivity index is 2.21. The van der Waals surface area contributed by atoms with E-state index >= 15 is 0 Å². The van der Waals surface area contributed by atoms with Crippen molar-refractivity contribution in [2.45, 2.75) is 0 Å². The third kappa shape index (κ3) is 1.78. The molecule has 1 aromatic carbocycles. The van der Waals surface area contributed by atoms with E-state index < -0.39 is 5.82 Å². The van der Waals surface area contributed by atoms with Gasteiger partial charge < -0.3 is 4.98 Å². The van der Waals surface area contributed by atoms with Crippen molar-refractivity contribution in [3.63, 3.8) is 0 Å². The average molecular weight is 247 g/mol. The number of nitrogens with zero attached hydrogens (tertiary/aromatic N) is 1. The number of aromatic amines is 1. The van der Waals surface area contributed by atoms with Gasteiger partial charge in [0, 0.05) is 34.6 Å². The first-order valence-electron chi connectivity index (χ1n) is 5.12. The van der Waals surface area contributed by atoms with Crippen LogP contribution >= 0.6 is 11.6 Å². The van der Waals surface area contributed by atoms with Crippen LogP contribution in [0.25, 0.3) is 22.2 Å². The first kappa shape index (κ1) is 10.3. The maximum atomic E-state index is 13.3. The van der Waals surface area contributed by atoms with Gasteiger partial charge in [-0.1, -0.05) is 11.6 Å². The Morgan fingerprint density at radius 3 is 2.88 bits per heavy atom. The van der Waals surface area contributed by atoms with Gasteiger partial charge in [-0.15, -0.1) is 0 Å². The van der Waals surface area contributed by atoms with Crippen LogP contribution in [0.4, 0.5) is 4.39 Å². The Kier molecular flexibility index (Phi) is 2.34. The van der Waals surface area contributed by atoms with E-state index in [-0.39, 0.29) is 5.02 Å². The molecular weight excluding hydrogens is 239 g/mol. The Hall–Kier alpha value is -1.87. The van der Waals surface area contributed by atoms with Crippen molar-refractivity contribution in [3.8, 4) is 11.3 Å². The smallest absolute Gasteiger partial charge is 0.142 e. The van der Waals surface area contributed by atoms with Gasteiger partial charge in [-0.2, -0.15) is 0 Å². The van der Waals surface area contributed by atoms with Crippen molar-refractivity contribution in [3.05, 3.63) is 53.6 Å². The molecule has 1 N–H and O–H groups in total. The van der Waals surface area contributed by atoms with Gasteiger partial charge in [-0.05, 0) is 30.3 Å². The molecule has 2 nitrogen and oxygen atoms in total. The van der Waals surface area contributed by atoms with Gasteiger partial charge in [-0.25, -0.2) is 4.39 Å². The largest absolute Gasteiger partial charge is 0.354 e. The highest BCUT2D eigenvalue weighted by molar-refractivity contribution is 6.31. The van der Waals surface area contributed by atoms with Gasteiger partial charge in [0.1, 0.15) is 5.82 Å². The molecule has 84 valence electrons.